The number of nitrogens with zero attached hydrogens (tertiary/aromatic N) is 2. The summed E-state index contributed by atoms with van der Waals surface area (Å²) in [6, 6.07) is 13.5. The number of pyridine rings is 1. The monoisotopic (exact) mass is 276 g/mol. The first-order chi connectivity index (χ1) is 8.70. The summed E-state index contributed by atoms with van der Waals surface area (Å²) in [5.74, 6) is 0. The van der Waals surface area contributed by atoms with Gasteiger partial charge in [-0.25, -0.2) is 4.99 Å². The Morgan fingerprint density at radius 1 is 1.17 bits per heavy atom. The highest BCUT2D eigenvalue weighted by Crippen LogP contribution is 2.26. The zero-order valence-corrected chi connectivity index (χ0v) is 11.8. The van der Waals surface area contributed by atoms with E-state index in [4.69, 9.17) is 11.6 Å². The van der Waals surface area contributed by atoms with Gasteiger partial charge >= 0.3 is 0 Å². The Morgan fingerprint density at radius 3 is 2.61 bits per heavy atom. The molecule has 1 heterocycles. The molecule has 2 nitrogen and oxygen atoms in total. The number of hydrogen-bond donors (Lipinski definition) is 0. The van der Waals surface area contributed by atoms with Gasteiger partial charge in [0.05, 0.1) is 16.4 Å². The highest BCUT2D eigenvalue weighted by Gasteiger charge is 2.05. The Balaban J connectivity index is 2.43. The van der Waals surface area contributed by atoms with Crippen LogP contribution in [0.15, 0.2) is 47.5 Å². The molecule has 1 aromatic heterocycles. The molecule has 2 rings (SSSR count). The van der Waals surface area contributed by atoms with Gasteiger partial charge in [0.15, 0.2) is 0 Å². The first kappa shape index (κ1) is 13.1. The summed E-state index contributed by atoms with van der Waals surface area (Å²) in [6.07, 6.45) is 1.99. The predicted octanol–water partition coefficient (Wildman–Crippen LogP) is 4.48. The molecule has 92 valence electrons. The standard InChI is InChI=1S/C14H13ClN2S/c1-10-6-5-9-13(16-10)14(18-2)17-12-8-4-3-7-11(12)15/h3-9H,1-2H3. The molecule has 0 atom stereocenters. The van der Waals surface area contributed by atoms with Crippen LogP contribution >= 0.6 is 23.4 Å². The van der Waals surface area contributed by atoms with E-state index in [1.807, 2.05) is 55.6 Å². The summed E-state index contributed by atoms with van der Waals surface area (Å²) in [6.45, 7) is 1.97. The molecule has 0 bridgehead atoms. The van der Waals surface area contributed by atoms with Crippen LogP contribution in [0.4, 0.5) is 5.69 Å². The van der Waals surface area contributed by atoms with Crippen LogP contribution in [0.3, 0.4) is 0 Å². The van der Waals surface area contributed by atoms with Gasteiger partial charge in [-0.1, -0.05) is 29.8 Å². The number of thioether (sulfide) groups is 1. The van der Waals surface area contributed by atoms with Gasteiger partial charge in [0, 0.05) is 5.69 Å². The lowest BCUT2D eigenvalue weighted by Gasteiger charge is -2.04. The van der Waals surface area contributed by atoms with E-state index < -0.39 is 0 Å². The molecule has 4 heteroatoms. The Morgan fingerprint density at radius 2 is 1.94 bits per heavy atom. The summed E-state index contributed by atoms with van der Waals surface area (Å²) < 4.78 is 0. The number of rotatable bonds is 2. The Bertz CT molecular complexity index is 582. The van der Waals surface area contributed by atoms with Gasteiger partial charge in [-0.05, 0) is 37.4 Å². The number of hydrogen-bond acceptors (Lipinski definition) is 3. The van der Waals surface area contributed by atoms with Crippen LogP contribution in [-0.2, 0) is 0 Å². The molecule has 1 aromatic carbocycles. The van der Waals surface area contributed by atoms with E-state index in [0.29, 0.717) is 5.02 Å². The molecule has 0 amide bonds. The Hall–Kier alpha value is -1.32. The Labute approximate surface area is 116 Å². The van der Waals surface area contributed by atoms with E-state index in [1.54, 1.807) is 11.8 Å². The lowest BCUT2D eigenvalue weighted by atomic mass is 10.3. The highest BCUT2D eigenvalue weighted by molar-refractivity contribution is 8.13. The molecule has 2 aromatic rings. The van der Waals surface area contributed by atoms with Crippen LogP contribution in [-0.4, -0.2) is 16.3 Å². The van der Waals surface area contributed by atoms with Crippen molar-refractivity contribution in [3.8, 4) is 0 Å². The second kappa shape index (κ2) is 6.03. The van der Waals surface area contributed by atoms with Gasteiger partial charge < -0.3 is 0 Å². The van der Waals surface area contributed by atoms with E-state index in [2.05, 4.69) is 9.98 Å². The van der Waals surface area contributed by atoms with Crippen molar-refractivity contribution in [3.63, 3.8) is 0 Å². The third kappa shape index (κ3) is 3.12. The molecule has 0 saturated heterocycles. The molecule has 0 aliphatic rings. The van der Waals surface area contributed by atoms with Crippen molar-refractivity contribution in [2.24, 2.45) is 4.99 Å². The maximum atomic E-state index is 6.11. The van der Waals surface area contributed by atoms with Gasteiger partial charge in [0.1, 0.15) is 5.04 Å². The zero-order chi connectivity index (χ0) is 13.0. The third-order valence-corrected chi connectivity index (χ3v) is 3.38. The van der Waals surface area contributed by atoms with Crippen LogP contribution in [0.25, 0.3) is 0 Å². The van der Waals surface area contributed by atoms with E-state index in [1.165, 1.54) is 0 Å². The number of aliphatic imine (C=N–C) groups is 1. The third-order valence-electron chi connectivity index (χ3n) is 2.38. The summed E-state index contributed by atoms with van der Waals surface area (Å²) in [5.41, 5.74) is 2.63. The SMILES string of the molecule is CSC(=Nc1ccccc1Cl)c1cccc(C)n1. The van der Waals surface area contributed by atoms with Crippen LogP contribution < -0.4 is 0 Å². The minimum Gasteiger partial charge on any atom is -0.251 e. The van der Waals surface area contributed by atoms with Crippen molar-refractivity contribution in [1.29, 1.82) is 0 Å². The average molecular weight is 277 g/mol. The number of benzene rings is 1. The molecule has 0 N–H and O–H groups in total. The van der Waals surface area contributed by atoms with E-state index in [9.17, 15) is 0 Å². The second-order valence-electron chi connectivity index (χ2n) is 3.74. The molecule has 18 heavy (non-hydrogen) atoms. The summed E-state index contributed by atoms with van der Waals surface area (Å²) in [4.78, 5) is 9.05. The van der Waals surface area contributed by atoms with Gasteiger partial charge in [-0.3, -0.25) is 4.98 Å². The molecule has 0 radical (unpaired) electrons. The maximum absolute atomic E-state index is 6.11. The van der Waals surface area contributed by atoms with Gasteiger partial charge in [-0.2, -0.15) is 0 Å². The lowest BCUT2D eigenvalue weighted by molar-refractivity contribution is 1.18. The fourth-order valence-electron chi connectivity index (χ4n) is 1.52. The fraction of sp³-hybridized carbons (Fsp3) is 0.143. The van der Waals surface area contributed by atoms with Crippen LogP contribution in [0, 0.1) is 6.92 Å². The first-order valence-corrected chi connectivity index (χ1v) is 7.12. The Kier molecular flexibility index (Phi) is 4.39. The van der Waals surface area contributed by atoms with Crippen molar-refractivity contribution in [1.82, 2.24) is 4.98 Å². The molecular weight excluding hydrogens is 264 g/mol. The number of aryl methyl sites for hydroxylation is 1. The van der Waals surface area contributed by atoms with Crippen molar-refractivity contribution in [2.75, 3.05) is 6.26 Å². The van der Waals surface area contributed by atoms with Crippen molar-refractivity contribution < 1.29 is 0 Å². The van der Waals surface area contributed by atoms with Crippen LogP contribution in [0.2, 0.25) is 5.02 Å². The van der Waals surface area contributed by atoms with Crippen molar-refractivity contribution >= 4 is 34.1 Å². The van der Waals surface area contributed by atoms with E-state index >= 15 is 0 Å². The minimum atomic E-state index is 0.650. The highest BCUT2D eigenvalue weighted by atomic mass is 35.5. The maximum Gasteiger partial charge on any atom is 0.122 e. The average Bonchev–Trinajstić information content (AvgIpc) is 2.38. The van der Waals surface area contributed by atoms with Gasteiger partial charge in [0.2, 0.25) is 0 Å². The lowest BCUT2D eigenvalue weighted by Crippen LogP contribution is -1.99. The predicted molar refractivity (Wildman–Crippen MR) is 80.1 cm³/mol. The first-order valence-electron chi connectivity index (χ1n) is 5.52. The van der Waals surface area contributed by atoms with Crippen molar-refractivity contribution in [2.45, 2.75) is 6.92 Å². The quantitative estimate of drug-likeness (QED) is 0.597. The number of halogens is 1. The zero-order valence-electron chi connectivity index (χ0n) is 10.2. The summed E-state index contributed by atoms with van der Waals surface area (Å²) in [5, 5.41) is 1.52. The second-order valence-corrected chi connectivity index (χ2v) is 4.94. The topological polar surface area (TPSA) is 25.2 Å². The molecule has 0 fully saturated rings. The smallest absolute Gasteiger partial charge is 0.122 e. The van der Waals surface area contributed by atoms with Gasteiger partial charge in [-0.15, -0.1) is 11.8 Å². The molecule has 0 saturated carbocycles. The fourth-order valence-corrected chi connectivity index (χ4v) is 2.21. The summed E-state index contributed by atoms with van der Waals surface area (Å²) in [7, 11) is 0. The van der Waals surface area contributed by atoms with E-state index in [0.717, 1.165) is 22.1 Å². The largest absolute Gasteiger partial charge is 0.251 e. The molecule has 0 aliphatic carbocycles. The molecular formula is C14H13ClN2S. The van der Waals surface area contributed by atoms with Crippen molar-refractivity contribution in [3.05, 3.63) is 58.9 Å². The van der Waals surface area contributed by atoms with Crippen LogP contribution in [0.5, 0.6) is 0 Å². The summed E-state index contributed by atoms with van der Waals surface area (Å²) >= 11 is 7.67. The molecule has 0 unspecified atom stereocenters. The minimum absolute atomic E-state index is 0.650. The molecule has 0 spiro atoms. The normalized spacial score (nSPS) is 11.6. The van der Waals surface area contributed by atoms with Crippen LogP contribution in [0.1, 0.15) is 11.4 Å². The van der Waals surface area contributed by atoms with Gasteiger partial charge in [0.25, 0.3) is 0 Å². The number of para-hydroxylation sites is 1. The molecule has 0 aliphatic heterocycles. The van der Waals surface area contributed by atoms with E-state index in [-0.39, 0.29) is 0 Å². The number of aromatic nitrogens is 1.